The first-order valence-corrected chi connectivity index (χ1v) is 6.75. The van der Waals surface area contributed by atoms with Gasteiger partial charge in [-0.05, 0) is 30.7 Å². The van der Waals surface area contributed by atoms with E-state index in [0.29, 0.717) is 12.4 Å². The molecule has 0 aliphatic carbocycles. The predicted octanol–water partition coefficient (Wildman–Crippen LogP) is 3.02. The molecule has 0 N–H and O–H groups in total. The summed E-state index contributed by atoms with van der Waals surface area (Å²) in [7, 11) is 1.61. The van der Waals surface area contributed by atoms with Gasteiger partial charge in [0.1, 0.15) is 16.7 Å². The maximum atomic E-state index is 11.9. The number of benzene rings is 1. The van der Waals surface area contributed by atoms with Crippen molar-refractivity contribution in [2.24, 2.45) is 0 Å². The molecule has 0 radical (unpaired) electrons. The zero-order valence-electron chi connectivity index (χ0n) is 10.5. The van der Waals surface area contributed by atoms with Crippen LogP contribution in [0.3, 0.4) is 0 Å². The Hall–Kier alpha value is -1.33. The Bertz CT molecular complexity index is 670. The number of nitrogens with zero attached hydrogens (tertiary/aromatic N) is 2. The van der Waals surface area contributed by atoms with Crippen molar-refractivity contribution in [1.82, 2.24) is 9.55 Å². The summed E-state index contributed by atoms with van der Waals surface area (Å²) in [5.74, 6) is 1.32. The summed E-state index contributed by atoms with van der Waals surface area (Å²) in [5.41, 5.74) is 0.765. The van der Waals surface area contributed by atoms with E-state index in [4.69, 9.17) is 16.3 Å². The smallest absolute Gasteiger partial charge is 0.255 e. The van der Waals surface area contributed by atoms with Crippen molar-refractivity contribution >= 4 is 27.5 Å². The van der Waals surface area contributed by atoms with E-state index in [2.05, 4.69) is 20.9 Å². The molecule has 2 rings (SSSR count). The van der Waals surface area contributed by atoms with Gasteiger partial charge in [-0.2, -0.15) is 0 Å². The summed E-state index contributed by atoms with van der Waals surface area (Å²) < 4.78 is 7.65. The highest BCUT2D eigenvalue weighted by Crippen LogP contribution is 2.23. The van der Waals surface area contributed by atoms with Gasteiger partial charge in [0, 0.05) is 10.5 Å². The Morgan fingerprint density at radius 1 is 1.42 bits per heavy atom. The van der Waals surface area contributed by atoms with Crippen LogP contribution in [-0.4, -0.2) is 16.7 Å². The molecule has 0 atom stereocenters. The van der Waals surface area contributed by atoms with E-state index in [1.54, 1.807) is 18.6 Å². The van der Waals surface area contributed by atoms with E-state index >= 15 is 0 Å². The molecule has 1 heterocycles. The second-order valence-corrected chi connectivity index (χ2v) is 5.25. The van der Waals surface area contributed by atoms with Crippen LogP contribution in [0.4, 0.5) is 0 Å². The molecule has 0 saturated carbocycles. The highest BCUT2D eigenvalue weighted by molar-refractivity contribution is 9.10. The standard InChI is InChI=1S/C13H12BrClN2O2/c1-8-16-12(15)6-13(18)17(8)7-9-5-10(19-2)3-4-11(9)14/h3-6H,7H2,1-2H3. The second-order valence-electron chi connectivity index (χ2n) is 4.01. The van der Waals surface area contributed by atoms with Crippen LogP contribution >= 0.6 is 27.5 Å². The van der Waals surface area contributed by atoms with Crippen molar-refractivity contribution in [3.8, 4) is 5.75 Å². The number of ether oxygens (including phenoxy) is 1. The molecule has 0 fully saturated rings. The maximum Gasteiger partial charge on any atom is 0.255 e. The summed E-state index contributed by atoms with van der Waals surface area (Å²) in [6, 6.07) is 6.93. The lowest BCUT2D eigenvalue weighted by atomic mass is 10.2. The average molecular weight is 344 g/mol. The van der Waals surface area contributed by atoms with E-state index in [1.807, 2.05) is 18.2 Å². The summed E-state index contributed by atoms with van der Waals surface area (Å²) >= 11 is 9.21. The highest BCUT2D eigenvalue weighted by Gasteiger charge is 2.08. The van der Waals surface area contributed by atoms with Crippen LogP contribution in [0.5, 0.6) is 5.75 Å². The van der Waals surface area contributed by atoms with Crippen LogP contribution in [0, 0.1) is 6.92 Å². The molecule has 0 aliphatic heterocycles. The fourth-order valence-electron chi connectivity index (χ4n) is 1.75. The van der Waals surface area contributed by atoms with Crippen molar-refractivity contribution in [2.75, 3.05) is 7.11 Å². The van der Waals surface area contributed by atoms with E-state index in [9.17, 15) is 4.79 Å². The molecule has 1 aromatic carbocycles. The largest absolute Gasteiger partial charge is 0.497 e. The molecule has 6 heteroatoms. The third-order valence-electron chi connectivity index (χ3n) is 2.75. The molecular formula is C13H12BrClN2O2. The lowest BCUT2D eigenvalue weighted by Gasteiger charge is -2.11. The molecule has 0 spiro atoms. The van der Waals surface area contributed by atoms with Gasteiger partial charge in [0.15, 0.2) is 0 Å². The summed E-state index contributed by atoms with van der Waals surface area (Å²) in [5, 5.41) is 0.212. The van der Waals surface area contributed by atoms with Gasteiger partial charge in [0.2, 0.25) is 0 Å². The first kappa shape index (κ1) is 14.1. The molecular weight excluding hydrogens is 332 g/mol. The molecule has 0 saturated heterocycles. The minimum absolute atomic E-state index is 0.174. The van der Waals surface area contributed by atoms with Gasteiger partial charge in [-0.25, -0.2) is 4.98 Å². The fourth-order valence-corrected chi connectivity index (χ4v) is 2.34. The molecule has 2 aromatic rings. The Labute approximate surface area is 124 Å². The van der Waals surface area contributed by atoms with Crippen molar-refractivity contribution < 1.29 is 4.74 Å². The van der Waals surface area contributed by atoms with E-state index in [0.717, 1.165) is 15.8 Å². The van der Waals surface area contributed by atoms with Gasteiger partial charge >= 0.3 is 0 Å². The normalized spacial score (nSPS) is 10.5. The number of hydrogen-bond donors (Lipinski definition) is 0. The summed E-state index contributed by atoms with van der Waals surface area (Å²) in [6.45, 7) is 2.16. The zero-order valence-corrected chi connectivity index (χ0v) is 12.8. The van der Waals surface area contributed by atoms with Crippen LogP contribution in [0.1, 0.15) is 11.4 Å². The van der Waals surface area contributed by atoms with Gasteiger partial charge in [-0.15, -0.1) is 0 Å². The summed E-state index contributed by atoms with van der Waals surface area (Å²) in [6.07, 6.45) is 0. The van der Waals surface area contributed by atoms with Gasteiger partial charge in [-0.1, -0.05) is 27.5 Å². The predicted molar refractivity (Wildman–Crippen MR) is 78.0 cm³/mol. The van der Waals surface area contributed by atoms with Crippen LogP contribution in [-0.2, 0) is 6.54 Å². The number of hydrogen-bond acceptors (Lipinski definition) is 3. The van der Waals surface area contributed by atoms with Crippen molar-refractivity contribution in [1.29, 1.82) is 0 Å². The zero-order chi connectivity index (χ0) is 14.0. The molecule has 1 aromatic heterocycles. The Kier molecular flexibility index (Phi) is 4.27. The monoisotopic (exact) mass is 342 g/mol. The molecule has 100 valence electrons. The minimum Gasteiger partial charge on any atom is -0.497 e. The first-order chi connectivity index (χ1) is 9.01. The topological polar surface area (TPSA) is 44.1 Å². The van der Waals surface area contributed by atoms with Crippen LogP contribution in [0.25, 0.3) is 0 Å². The minimum atomic E-state index is -0.174. The number of halogens is 2. The van der Waals surface area contributed by atoms with Crippen LogP contribution < -0.4 is 10.3 Å². The SMILES string of the molecule is COc1ccc(Br)c(Cn2c(C)nc(Cl)cc2=O)c1. The summed E-state index contributed by atoms with van der Waals surface area (Å²) in [4.78, 5) is 16.0. The molecule has 0 aliphatic rings. The lowest BCUT2D eigenvalue weighted by molar-refractivity contribution is 0.414. The average Bonchev–Trinajstić information content (AvgIpc) is 2.35. The first-order valence-electron chi connectivity index (χ1n) is 5.57. The van der Waals surface area contributed by atoms with Gasteiger partial charge in [0.05, 0.1) is 13.7 Å². The molecule has 0 bridgehead atoms. The number of rotatable bonds is 3. The third kappa shape index (κ3) is 3.16. The molecule has 19 heavy (non-hydrogen) atoms. The second kappa shape index (κ2) is 5.75. The van der Waals surface area contributed by atoms with E-state index < -0.39 is 0 Å². The van der Waals surface area contributed by atoms with Gasteiger partial charge in [0.25, 0.3) is 5.56 Å². The molecule has 0 amide bonds. The number of methoxy groups -OCH3 is 1. The maximum absolute atomic E-state index is 11.9. The molecule has 0 unspecified atom stereocenters. The molecule has 4 nitrogen and oxygen atoms in total. The van der Waals surface area contributed by atoms with Crippen LogP contribution in [0.2, 0.25) is 5.15 Å². The van der Waals surface area contributed by atoms with Gasteiger partial charge in [-0.3, -0.25) is 9.36 Å². The van der Waals surface area contributed by atoms with Crippen molar-refractivity contribution in [3.63, 3.8) is 0 Å². The van der Waals surface area contributed by atoms with Crippen LogP contribution in [0.15, 0.2) is 33.5 Å². The number of aromatic nitrogens is 2. The van der Waals surface area contributed by atoms with Gasteiger partial charge < -0.3 is 4.74 Å². The lowest BCUT2D eigenvalue weighted by Crippen LogP contribution is -2.23. The fraction of sp³-hybridized carbons (Fsp3) is 0.231. The van der Waals surface area contributed by atoms with Crippen molar-refractivity contribution in [3.05, 3.63) is 55.6 Å². The Morgan fingerprint density at radius 2 is 2.16 bits per heavy atom. The Balaban J connectivity index is 2.44. The Morgan fingerprint density at radius 3 is 2.79 bits per heavy atom. The highest BCUT2D eigenvalue weighted by atomic mass is 79.9. The third-order valence-corrected chi connectivity index (χ3v) is 3.72. The number of aryl methyl sites for hydroxylation is 1. The van der Waals surface area contributed by atoms with E-state index in [1.165, 1.54) is 6.07 Å². The quantitative estimate of drug-likeness (QED) is 0.805. The van der Waals surface area contributed by atoms with Crippen molar-refractivity contribution in [2.45, 2.75) is 13.5 Å². The van der Waals surface area contributed by atoms with E-state index in [-0.39, 0.29) is 10.7 Å².